The SMILES string of the molecule is C[N+]1(CCOCCOCC[N+]2(C)C3CCC2(C#N)CC3)C2CCC1(C#N)CC2. The quantitative estimate of drug-likeness (QED) is 0.449. The molecular formula is C22H36N4O2+2. The smallest absolute Gasteiger partial charge is 0.186 e. The Labute approximate surface area is 169 Å². The molecular weight excluding hydrogens is 352 g/mol. The normalized spacial score (nSPS) is 46.0. The first-order chi connectivity index (χ1) is 13.5. The third-order valence-electron chi connectivity index (χ3n) is 9.32. The summed E-state index contributed by atoms with van der Waals surface area (Å²) in [4.78, 5) is 0. The second kappa shape index (κ2) is 7.26. The standard InChI is InChI=1S/C22H36N4O2/c1-25(19-3-7-21(25,17-23)8-4-19)11-13-27-15-16-28-14-12-26(2)20-5-9-22(26,18-24)10-6-20/h19-20H,3-16H2,1-2H3/q+2. The summed E-state index contributed by atoms with van der Waals surface area (Å²) in [6, 6.07) is 6.58. The highest BCUT2D eigenvalue weighted by Crippen LogP contribution is 2.51. The molecule has 0 aromatic heterocycles. The molecule has 4 aliphatic rings. The van der Waals surface area contributed by atoms with E-state index in [2.05, 4.69) is 26.2 Å². The van der Waals surface area contributed by atoms with Gasteiger partial charge in [0.05, 0.1) is 52.6 Å². The van der Waals surface area contributed by atoms with Gasteiger partial charge in [0, 0.05) is 51.4 Å². The zero-order chi connectivity index (χ0) is 19.9. The third-order valence-corrected chi connectivity index (χ3v) is 9.32. The lowest BCUT2D eigenvalue weighted by Crippen LogP contribution is -2.57. The molecule has 0 aromatic rings. The van der Waals surface area contributed by atoms with Crippen LogP contribution in [-0.2, 0) is 9.47 Å². The Bertz CT molecular complexity index is 609. The number of fused-ring (bicyclic) bond motifs is 4. The summed E-state index contributed by atoms with van der Waals surface area (Å²) >= 11 is 0. The van der Waals surface area contributed by atoms with Crippen molar-refractivity contribution in [3.63, 3.8) is 0 Å². The number of ether oxygens (including phenoxy) is 2. The van der Waals surface area contributed by atoms with Crippen LogP contribution >= 0.6 is 0 Å². The van der Waals surface area contributed by atoms with Crippen LogP contribution in [0.2, 0.25) is 0 Å². The maximum absolute atomic E-state index is 9.72. The van der Waals surface area contributed by atoms with Gasteiger partial charge in [0.25, 0.3) is 0 Å². The van der Waals surface area contributed by atoms with E-state index in [9.17, 15) is 10.5 Å². The molecule has 0 amide bonds. The van der Waals surface area contributed by atoms with E-state index in [1.54, 1.807) is 0 Å². The predicted octanol–water partition coefficient (Wildman–Crippen LogP) is 2.35. The van der Waals surface area contributed by atoms with Gasteiger partial charge in [-0.25, -0.2) is 0 Å². The summed E-state index contributed by atoms with van der Waals surface area (Å²) < 4.78 is 13.5. The Morgan fingerprint density at radius 1 is 0.714 bits per heavy atom. The number of nitrogens with zero attached hydrogens (tertiary/aromatic N) is 4. The number of hydrogen-bond acceptors (Lipinski definition) is 4. The predicted molar refractivity (Wildman–Crippen MR) is 105 cm³/mol. The Kier molecular flexibility index (Phi) is 5.21. The van der Waals surface area contributed by atoms with Gasteiger partial charge in [-0.3, -0.25) is 0 Å². The molecule has 0 aromatic carbocycles. The second-order valence-corrected chi connectivity index (χ2v) is 9.96. The molecule has 4 aliphatic heterocycles. The number of quaternary nitrogens is 2. The molecule has 0 saturated carbocycles. The van der Waals surface area contributed by atoms with Crippen LogP contribution in [0.5, 0.6) is 0 Å². The van der Waals surface area contributed by atoms with Crippen molar-refractivity contribution in [2.24, 2.45) is 0 Å². The highest BCUT2D eigenvalue weighted by atomic mass is 16.5. The molecule has 28 heavy (non-hydrogen) atoms. The molecule has 4 saturated heterocycles. The summed E-state index contributed by atoms with van der Waals surface area (Å²) in [6.45, 7) is 4.49. The summed E-state index contributed by atoms with van der Waals surface area (Å²) in [6.07, 6.45) is 8.97. The van der Waals surface area contributed by atoms with Gasteiger partial charge in [0.2, 0.25) is 0 Å². The van der Waals surface area contributed by atoms with Gasteiger partial charge in [-0.05, 0) is 0 Å². The molecule has 2 unspecified atom stereocenters. The molecule has 2 atom stereocenters. The Hall–Kier alpha value is -1.18. The zero-order valence-corrected chi connectivity index (χ0v) is 17.7. The fourth-order valence-electron chi connectivity index (χ4n) is 7.10. The van der Waals surface area contributed by atoms with Gasteiger partial charge in [0.15, 0.2) is 11.1 Å². The number of hydrogen-bond donors (Lipinski definition) is 0. The van der Waals surface area contributed by atoms with Crippen LogP contribution < -0.4 is 0 Å². The minimum absolute atomic E-state index is 0.158. The van der Waals surface area contributed by atoms with Crippen LogP contribution in [-0.4, -0.2) is 85.7 Å². The van der Waals surface area contributed by atoms with Crippen LogP contribution in [0.3, 0.4) is 0 Å². The summed E-state index contributed by atoms with van der Waals surface area (Å²) in [5.41, 5.74) is -0.315. The van der Waals surface area contributed by atoms with Crippen molar-refractivity contribution in [3.05, 3.63) is 0 Å². The van der Waals surface area contributed by atoms with Gasteiger partial charge < -0.3 is 18.4 Å². The van der Waals surface area contributed by atoms with Crippen molar-refractivity contribution in [2.45, 2.75) is 74.5 Å². The molecule has 0 radical (unpaired) electrons. The summed E-state index contributed by atoms with van der Waals surface area (Å²) in [5.74, 6) is 0. The van der Waals surface area contributed by atoms with Crippen molar-refractivity contribution < 1.29 is 18.4 Å². The lowest BCUT2D eigenvalue weighted by Gasteiger charge is -2.40. The van der Waals surface area contributed by atoms with E-state index in [4.69, 9.17) is 9.47 Å². The minimum Gasteiger partial charge on any atom is -0.373 e. The molecule has 0 spiro atoms. The van der Waals surface area contributed by atoms with Gasteiger partial charge in [-0.2, -0.15) is 10.5 Å². The first-order valence-corrected chi connectivity index (χ1v) is 11.1. The fraction of sp³-hybridized carbons (Fsp3) is 0.909. The molecule has 0 aliphatic carbocycles. The van der Waals surface area contributed by atoms with E-state index in [1.807, 2.05) is 0 Å². The van der Waals surface area contributed by atoms with Crippen LogP contribution in [0, 0.1) is 22.7 Å². The lowest BCUT2D eigenvalue weighted by atomic mass is 9.89. The minimum atomic E-state index is -0.158. The average Bonchev–Trinajstić information content (AvgIpc) is 3.36. The van der Waals surface area contributed by atoms with Crippen molar-refractivity contribution in [1.29, 1.82) is 10.5 Å². The lowest BCUT2D eigenvalue weighted by molar-refractivity contribution is -0.946. The van der Waals surface area contributed by atoms with Crippen molar-refractivity contribution in [2.75, 3.05) is 53.6 Å². The van der Waals surface area contributed by atoms with Gasteiger partial charge in [0.1, 0.15) is 25.2 Å². The highest BCUT2D eigenvalue weighted by Gasteiger charge is 2.63. The molecule has 4 heterocycles. The monoisotopic (exact) mass is 388 g/mol. The van der Waals surface area contributed by atoms with Crippen LogP contribution in [0.4, 0.5) is 0 Å². The maximum atomic E-state index is 9.72. The molecule has 4 fully saturated rings. The van der Waals surface area contributed by atoms with Crippen LogP contribution in [0.15, 0.2) is 0 Å². The molecule has 4 rings (SSSR count). The zero-order valence-electron chi connectivity index (χ0n) is 17.7. The highest BCUT2D eigenvalue weighted by molar-refractivity contribution is 5.11. The Morgan fingerprint density at radius 2 is 1.07 bits per heavy atom. The van der Waals surface area contributed by atoms with E-state index in [0.717, 1.165) is 47.7 Å². The third kappa shape index (κ3) is 2.73. The topological polar surface area (TPSA) is 66.0 Å². The largest absolute Gasteiger partial charge is 0.373 e. The van der Waals surface area contributed by atoms with Gasteiger partial charge in [-0.1, -0.05) is 0 Å². The van der Waals surface area contributed by atoms with Gasteiger partial charge in [-0.15, -0.1) is 0 Å². The van der Waals surface area contributed by atoms with E-state index in [0.29, 0.717) is 38.5 Å². The molecule has 6 nitrogen and oxygen atoms in total. The fourth-order valence-corrected chi connectivity index (χ4v) is 7.10. The second-order valence-electron chi connectivity index (χ2n) is 9.96. The molecule has 4 bridgehead atoms. The van der Waals surface area contributed by atoms with Gasteiger partial charge >= 0.3 is 0 Å². The van der Waals surface area contributed by atoms with E-state index in [1.165, 1.54) is 25.7 Å². The van der Waals surface area contributed by atoms with Crippen molar-refractivity contribution in [3.8, 4) is 12.1 Å². The van der Waals surface area contributed by atoms with E-state index >= 15 is 0 Å². The first kappa shape index (κ1) is 20.1. The maximum Gasteiger partial charge on any atom is 0.186 e. The Balaban J connectivity index is 1.14. The van der Waals surface area contributed by atoms with Crippen LogP contribution in [0.25, 0.3) is 0 Å². The summed E-state index contributed by atoms with van der Waals surface area (Å²) in [5, 5.41) is 19.4. The molecule has 154 valence electrons. The number of likely N-dealkylation sites (N-methyl/N-ethyl adjacent to an activating group) is 2. The van der Waals surface area contributed by atoms with E-state index < -0.39 is 0 Å². The molecule has 6 heteroatoms. The number of rotatable bonds is 9. The first-order valence-electron chi connectivity index (χ1n) is 11.1. The number of nitriles is 2. The van der Waals surface area contributed by atoms with Crippen molar-refractivity contribution >= 4 is 0 Å². The molecule has 0 N–H and O–H groups in total. The Morgan fingerprint density at radius 3 is 1.39 bits per heavy atom. The van der Waals surface area contributed by atoms with Crippen LogP contribution in [0.1, 0.15) is 51.4 Å². The average molecular weight is 389 g/mol. The van der Waals surface area contributed by atoms with Crippen molar-refractivity contribution in [1.82, 2.24) is 0 Å². The van der Waals surface area contributed by atoms with E-state index in [-0.39, 0.29) is 11.1 Å². The summed E-state index contributed by atoms with van der Waals surface area (Å²) in [7, 11) is 4.51.